The zero-order valence-corrected chi connectivity index (χ0v) is 15.0. The molecule has 2 fully saturated rings. The van der Waals surface area contributed by atoms with Gasteiger partial charge in [-0.25, -0.2) is 19.3 Å². The van der Waals surface area contributed by atoms with Crippen LogP contribution in [-0.2, 0) is 4.74 Å². The lowest BCUT2D eigenvalue weighted by Gasteiger charge is -2.38. The molecule has 0 saturated carbocycles. The van der Waals surface area contributed by atoms with Crippen LogP contribution < -0.4 is 16.0 Å². The molecule has 3 N–H and O–H groups in total. The van der Waals surface area contributed by atoms with Gasteiger partial charge in [0.05, 0.1) is 25.1 Å². The molecule has 0 atom stereocenters. The molecular weight excluding hydrogens is 351 g/mol. The van der Waals surface area contributed by atoms with Crippen molar-refractivity contribution in [1.29, 1.82) is 0 Å². The average Bonchev–Trinajstić information content (AvgIpc) is 2.65. The Balaban J connectivity index is 1.26. The van der Waals surface area contributed by atoms with Crippen LogP contribution in [0.4, 0.5) is 22.1 Å². The highest BCUT2D eigenvalue weighted by molar-refractivity contribution is 5.42. The first-order chi connectivity index (χ1) is 13.2. The van der Waals surface area contributed by atoms with Gasteiger partial charge in [-0.15, -0.1) is 0 Å². The molecule has 0 aliphatic carbocycles. The highest BCUT2D eigenvalue weighted by atomic mass is 19.1. The van der Waals surface area contributed by atoms with Crippen LogP contribution in [0.5, 0.6) is 0 Å². The van der Waals surface area contributed by atoms with E-state index in [1.807, 2.05) is 11.0 Å². The van der Waals surface area contributed by atoms with E-state index in [0.717, 1.165) is 25.3 Å². The number of halogens is 1. The van der Waals surface area contributed by atoms with Crippen molar-refractivity contribution < 1.29 is 9.13 Å². The van der Waals surface area contributed by atoms with Gasteiger partial charge < -0.3 is 25.6 Å². The SMILES string of the molecule is Nc1nccc(C2CN(CCNc3nc(N4CCOCC4)ncc3F)C2)n1. The lowest BCUT2D eigenvalue weighted by Crippen LogP contribution is -2.47. The first-order valence-electron chi connectivity index (χ1n) is 9.09. The number of aromatic nitrogens is 4. The van der Waals surface area contributed by atoms with Gasteiger partial charge in [0.25, 0.3) is 0 Å². The Hall–Kier alpha value is -2.59. The van der Waals surface area contributed by atoms with E-state index in [-0.39, 0.29) is 5.82 Å². The smallest absolute Gasteiger partial charge is 0.227 e. The summed E-state index contributed by atoms with van der Waals surface area (Å²) in [6.07, 6.45) is 2.91. The predicted molar refractivity (Wildman–Crippen MR) is 99.1 cm³/mol. The van der Waals surface area contributed by atoms with Crippen LogP contribution in [0.2, 0.25) is 0 Å². The topological polar surface area (TPSA) is 105 Å². The molecule has 2 aliphatic rings. The number of anilines is 3. The maximum atomic E-state index is 14.0. The van der Waals surface area contributed by atoms with E-state index < -0.39 is 5.82 Å². The molecule has 144 valence electrons. The van der Waals surface area contributed by atoms with Crippen LogP contribution in [0, 0.1) is 5.82 Å². The minimum absolute atomic E-state index is 0.243. The Morgan fingerprint density at radius 1 is 1.22 bits per heavy atom. The van der Waals surface area contributed by atoms with E-state index >= 15 is 0 Å². The molecule has 0 aromatic carbocycles. The van der Waals surface area contributed by atoms with Crippen LogP contribution in [0.1, 0.15) is 11.6 Å². The minimum Gasteiger partial charge on any atom is -0.378 e. The molecule has 9 nitrogen and oxygen atoms in total. The maximum absolute atomic E-state index is 14.0. The quantitative estimate of drug-likeness (QED) is 0.740. The van der Waals surface area contributed by atoms with Crippen molar-refractivity contribution in [3.63, 3.8) is 0 Å². The number of nitrogens with two attached hydrogens (primary N) is 1. The molecule has 0 radical (unpaired) electrons. The number of hydrogen-bond donors (Lipinski definition) is 2. The summed E-state index contributed by atoms with van der Waals surface area (Å²) in [7, 11) is 0. The molecule has 4 heterocycles. The summed E-state index contributed by atoms with van der Waals surface area (Å²) < 4.78 is 19.3. The van der Waals surface area contributed by atoms with Crippen LogP contribution in [-0.4, -0.2) is 77.3 Å². The van der Waals surface area contributed by atoms with Crippen molar-refractivity contribution in [3.05, 3.63) is 30.0 Å². The van der Waals surface area contributed by atoms with Crippen LogP contribution >= 0.6 is 0 Å². The molecule has 2 aromatic rings. The monoisotopic (exact) mass is 374 g/mol. The van der Waals surface area contributed by atoms with Crippen molar-refractivity contribution in [2.45, 2.75) is 5.92 Å². The Kier molecular flexibility index (Phi) is 5.26. The van der Waals surface area contributed by atoms with E-state index in [9.17, 15) is 4.39 Å². The fourth-order valence-electron chi connectivity index (χ4n) is 3.29. The maximum Gasteiger partial charge on any atom is 0.227 e. The summed E-state index contributed by atoms with van der Waals surface area (Å²) in [5.74, 6) is 1.02. The van der Waals surface area contributed by atoms with Gasteiger partial charge in [0.2, 0.25) is 11.9 Å². The summed E-state index contributed by atoms with van der Waals surface area (Å²) in [5.41, 5.74) is 6.61. The van der Waals surface area contributed by atoms with Gasteiger partial charge in [0.1, 0.15) is 0 Å². The molecule has 10 heteroatoms. The lowest BCUT2D eigenvalue weighted by atomic mass is 9.96. The van der Waals surface area contributed by atoms with Crippen molar-refractivity contribution in [1.82, 2.24) is 24.8 Å². The third-order valence-electron chi connectivity index (χ3n) is 4.82. The Bertz CT molecular complexity index is 779. The van der Waals surface area contributed by atoms with Crippen molar-refractivity contribution in [2.75, 3.05) is 68.4 Å². The molecule has 2 aromatic heterocycles. The summed E-state index contributed by atoms with van der Waals surface area (Å²) in [4.78, 5) is 20.9. The molecule has 0 amide bonds. The molecule has 0 spiro atoms. The summed E-state index contributed by atoms with van der Waals surface area (Å²) in [5, 5.41) is 3.08. The molecule has 27 heavy (non-hydrogen) atoms. The predicted octanol–water partition coefficient (Wildman–Crippen LogP) is 0.336. The zero-order chi connectivity index (χ0) is 18.6. The number of hydrogen-bond acceptors (Lipinski definition) is 9. The molecular formula is C17H23FN8O. The number of morpholine rings is 1. The lowest BCUT2D eigenvalue weighted by molar-refractivity contribution is 0.122. The third kappa shape index (κ3) is 4.22. The second-order valence-corrected chi connectivity index (χ2v) is 6.69. The molecule has 0 unspecified atom stereocenters. The van der Waals surface area contributed by atoms with Gasteiger partial charge in [0.15, 0.2) is 11.6 Å². The van der Waals surface area contributed by atoms with E-state index in [1.54, 1.807) is 6.20 Å². The van der Waals surface area contributed by atoms with Gasteiger partial charge in [-0.3, -0.25) is 0 Å². The first kappa shape index (κ1) is 17.8. The van der Waals surface area contributed by atoms with Crippen molar-refractivity contribution in [3.8, 4) is 0 Å². The van der Waals surface area contributed by atoms with Crippen LogP contribution in [0.15, 0.2) is 18.5 Å². The van der Waals surface area contributed by atoms with E-state index in [2.05, 4.69) is 30.2 Å². The fraction of sp³-hybridized carbons (Fsp3) is 0.529. The average molecular weight is 374 g/mol. The van der Waals surface area contributed by atoms with E-state index in [4.69, 9.17) is 10.5 Å². The summed E-state index contributed by atoms with van der Waals surface area (Å²) in [6, 6.07) is 1.90. The van der Waals surface area contributed by atoms with Gasteiger partial charge in [0, 0.05) is 51.4 Å². The number of nitrogen functional groups attached to an aromatic ring is 1. The second-order valence-electron chi connectivity index (χ2n) is 6.69. The highest BCUT2D eigenvalue weighted by Gasteiger charge is 2.28. The van der Waals surface area contributed by atoms with Gasteiger partial charge in [-0.2, -0.15) is 4.98 Å². The fourth-order valence-corrected chi connectivity index (χ4v) is 3.29. The van der Waals surface area contributed by atoms with E-state index in [0.29, 0.717) is 50.7 Å². The number of nitrogens with one attached hydrogen (secondary N) is 1. The normalized spacial score (nSPS) is 18.3. The number of ether oxygens (including phenoxy) is 1. The molecule has 0 bridgehead atoms. The zero-order valence-electron chi connectivity index (χ0n) is 15.0. The summed E-state index contributed by atoms with van der Waals surface area (Å²) in [6.45, 7) is 5.92. The number of nitrogens with zero attached hydrogens (tertiary/aromatic N) is 6. The van der Waals surface area contributed by atoms with Gasteiger partial charge in [-0.05, 0) is 6.07 Å². The number of likely N-dealkylation sites (tertiary alicyclic amines) is 1. The highest BCUT2D eigenvalue weighted by Crippen LogP contribution is 2.25. The van der Waals surface area contributed by atoms with E-state index in [1.165, 1.54) is 6.20 Å². The Labute approximate surface area is 156 Å². The standard InChI is InChI=1S/C17H23FN8O/c18-13-9-22-17(26-5-7-27-8-6-26)24-15(13)20-3-4-25-10-12(11-25)14-1-2-21-16(19)23-14/h1-2,9,12H,3-8,10-11H2,(H2,19,21,23)(H,20,22,24). The van der Waals surface area contributed by atoms with Crippen LogP contribution in [0.3, 0.4) is 0 Å². The second kappa shape index (κ2) is 7.97. The van der Waals surface area contributed by atoms with Crippen molar-refractivity contribution in [2.24, 2.45) is 0 Å². The Morgan fingerprint density at radius 2 is 2.04 bits per heavy atom. The molecule has 4 rings (SSSR count). The third-order valence-corrected chi connectivity index (χ3v) is 4.82. The largest absolute Gasteiger partial charge is 0.378 e. The van der Waals surface area contributed by atoms with Gasteiger partial charge in [-0.1, -0.05) is 0 Å². The minimum atomic E-state index is -0.440. The Morgan fingerprint density at radius 3 is 2.81 bits per heavy atom. The number of rotatable bonds is 6. The van der Waals surface area contributed by atoms with Crippen molar-refractivity contribution >= 4 is 17.7 Å². The molecule has 2 saturated heterocycles. The molecule has 2 aliphatic heterocycles. The van der Waals surface area contributed by atoms with Gasteiger partial charge >= 0.3 is 0 Å². The summed E-state index contributed by atoms with van der Waals surface area (Å²) >= 11 is 0. The van der Waals surface area contributed by atoms with Crippen LogP contribution in [0.25, 0.3) is 0 Å². The first-order valence-corrected chi connectivity index (χ1v) is 9.09.